The summed E-state index contributed by atoms with van der Waals surface area (Å²) in [4.78, 5) is 25.8. The van der Waals surface area contributed by atoms with Crippen molar-refractivity contribution in [1.82, 2.24) is 30.8 Å². The minimum Gasteiger partial charge on any atom is -0.354 e. The number of aromatic amines is 1. The van der Waals surface area contributed by atoms with E-state index in [1.54, 1.807) is 7.05 Å². The van der Waals surface area contributed by atoms with Crippen LogP contribution in [0.15, 0.2) is 0 Å². The van der Waals surface area contributed by atoms with E-state index >= 15 is 0 Å². The molecule has 2 aliphatic rings. The quantitative estimate of drug-likeness (QED) is 0.702. The van der Waals surface area contributed by atoms with E-state index in [9.17, 15) is 4.79 Å². The van der Waals surface area contributed by atoms with Crippen molar-refractivity contribution in [3.63, 3.8) is 0 Å². The van der Waals surface area contributed by atoms with Crippen molar-refractivity contribution >= 4 is 17.7 Å². The summed E-state index contributed by atoms with van der Waals surface area (Å²) in [5.41, 5.74) is 4.75. The first-order chi connectivity index (χ1) is 12.6. The van der Waals surface area contributed by atoms with Gasteiger partial charge in [-0.25, -0.2) is 4.98 Å². The number of nitrogens with zero attached hydrogens (tertiary/aromatic N) is 5. The number of carbonyl (C=O) groups is 1. The second kappa shape index (κ2) is 6.56. The van der Waals surface area contributed by atoms with E-state index in [1.165, 1.54) is 5.56 Å². The summed E-state index contributed by atoms with van der Waals surface area (Å²) in [5.74, 6) is 1.54. The Morgan fingerprint density at radius 3 is 2.85 bits per heavy atom. The van der Waals surface area contributed by atoms with Gasteiger partial charge < -0.3 is 20.4 Å². The zero-order chi connectivity index (χ0) is 18.3. The van der Waals surface area contributed by atoms with Gasteiger partial charge in [0.05, 0.1) is 5.69 Å². The smallest absolute Gasteiger partial charge is 0.271 e. The molecule has 9 nitrogen and oxygen atoms in total. The average Bonchev–Trinajstić information content (AvgIpc) is 3.09. The number of hydrogen-bond acceptors (Lipinski definition) is 7. The zero-order valence-corrected chi connectivity index (χ0v) is 15.4. The highest BCUT2D eigenvalue weighted by atomic mass is 16.1. The summed E-state index contributed by atoms with van der Waals surface area (Å²) in [7, 11) is 5.53. The molecular formula is C17H24N8O. The lowest BCUT2D eigenvalue weighted by Gasteiger charge is -2.32. The molecule has 0 saturated carbocycles. The van der Waals surface area contributed by atoms with Crippen molar-refractivity contribution in [2.45, 2.75) is 25.9 Å². The van der Waals surface area contributed by atoms with Gasteiger partial charge in [-0.2, -0.15) is 10.1 Å². The van der Waals surface area contributed by atoms with Gasteiger partial charge in [0.15, 0.2) is 5.69 Å². The van der Waals surface area contributed by atoms with Crippen LogP contribution in [0.3, 0.4) is 0 Å². The number of hydrogen-bond donors (Lipinski definition) is 3. The molecule has 0 aromatic carbocycles. The summed E-state index contributed by atoms with van der Waals surface area (Å²) in [5, 5.41) is 13.3. The minimum atomic E-state index is -0.160. The lowest BCUT2D eigenvalue weighted by atomic mass is 10.0. The fourth-order valence-electron chi connectivity index (χ4n) is 3.57. The third-order valence-electron chi connectivity index (χ3n) is 4.98. The van der Waals surface area contributed by atoms with E-state index in [2.05, 4.69) is 25.7 Å². The topological polar surface area (TPSA) is 102 Å². The molecule has 0 fully saturated rings. The average molecular weight is 356 g/mol. The maximum atomic E-state index is 12.1. The third-order valence-corrected chi connectivity index (χ3v) is 4.98. The van der Waals surface area contributed by atoms with Gasteiger partial charge in [0.2, 0.25) is 5.95 Å². The highest BCUT2D eigenvalue weighted by Crippen LogP contribution is 2.30. The third kappa shape index (κ3) is 2.78. The first-order valence-corrected chi connectivity index (χ1v) is 8.89. The van der Waals surface area contributed by atoms with Crippen LogP contribution in [-0.4, -0.2) is 60.3 Å². The Balaban J connectivity index is 1.74. The summed E-state index contributed by atoms with van der Waals surface area (Å²) < 4.78 is 0. The number of aromatic nitrogens is 4. The van der Waals surface area contributed by atoms with Gasteiger partial charge in [-0.15, -0.1) is 0 Å². The highest BCUT2D eigenvalue weighted by molar-refractivity contribution is 5.93. The van der Waals surface area contributed by atoms with Crippen LogP contribution >= 0.6 is 0 Å². The van der Waals surface area contributed by atoms with Crippen LogP contribution in [0.2, 0.25) is 0 Å². The van der Waals surface area contributed by atoms with Crippen LogP contribution in [-0.2, 0) is 25.9 Å². The Labute approximate surface area is 152 Å². The number of fused-ring (bicyclic) bond motifs is 2. The van der Waals surface area contributed by atoms with Gasteiger partial charge in [0.25, 0.3) is 5.91 Å². The Bertz CT molecular complexity index is 844. The molecule has 2 aromatic heterocycles. The van der Waals surface area contributed by atoms with Crippen molar-refractivity contribution in [3.05, 3.63) is 28.2 Å². The molecule has 1 amide bonds. The number of H-pyrrole nitrogens is 1. The molecule has 2 aromatic rings. The SMILES string of the molecule is CNC(=O)c1n[nH]c2c1CN(c1nc(N(C)C)nc3c1CCNC3)CC2. The van der Waals surface area contributed by atoms with E-state index in [0.29, 0.717) is 18.2 Å². The lowest BCUT2D eigenvalue weighted by Crippen LogP contribution is -2.36. The Kier molecular flexibility index (Phi) is 4.23. The van der Waals surface area contributed by atoms with Gasteiger partial charge in [0.1, 0.15) is 5.82 Å². The number of amides is 1. The van der Waals surface area contributed by atoms with E-state index in [4.69, 9.17) is 9.97 Å². The van der Waals surface area contributed by atoms with E-state index in [1.807, 2.05) is 19.0 Å². The first kappa shape index (κ1) is 16.8. The van der Waals surface area contributed by atoms with Crippen molar-refractivity contribution in [3.8, 4) is 0 Å². The van der Waals surface area contributed by atoms with E-state index < -0.39 is 0 Å². The lowest BCUT2D eigenvalue weighted by molar-refractivity contribution is 0.0957. The molecule has 26 heavy (non-hydrogen) atoms. The summed E-state index contributed by atoms with van der Waals surface area (Å²) in [6.07, 6.45) is 1.73. The van der Waals surface area contributed by atoms with Crippen LogP contribution in [0, 0.1) is 0 Å². The fourth-order valence-corrected chi connectivity index (χ4v) is 3.57. The molecule has 4 heterocycles. The predicted octanol–water partition coefficient (Wildman–Crippen LogP) is -0.166. The maximum absolute atomic E-state index is 12.1. The van der Waals surface area contributed by atoms with Gasteiger partial charge in [0, 0.05) is 64.0 Å². The second-order valence-corrected chi connectivity index (χ2v) is 6.87. The van der Waals surface area contributed by atoms with Gasteiger partial charge >= 0.3 is 0 Å². The molecule has 0 bridgehead atoms. The molecule has 3 N–H and O–H groups in total. The van der Waals surface area contributed by atoms with E-state index in [-0.39, 0.29) is 5.91 Å². The summed E-state index contributed by atoms with van der Waals surface area (Å²) >= 11 is 0. The standard InChI is InChI=1S/C17H24N8O/c1-18-16(26)14-11-9-25(7-5-12(11)22-23-14)15-10-4-6-19-8-13(10)20-17(21-15)24(2)3/h19H,4-9H2,1-3H3,(H,18,26)(H,22,23). The van der Waals surface area contributed by atoms with Crippen molar-refractivity contribution in [1.29, 1.82) is 0 Å². The van der Waals surface area contributed by atoms with Gasteiger partial charge in [-0.1, -0.05) is 0 Å². The molecule has 4 rings (SSSR count). The number of anilines is 2. The number of rotatable bonds is 3. The van der Waals surface area contributed by atoms with Crippen LogP contribution in [0.5, 0.6) is 0 Å². The van der Waals surface area contributed by atoms with Gasteiger partial charge in [-0.05, 0) is 13.0 Å². The predicted molar refractivity (Wildman–Crippen MR) is 98.5 cm³/mol. The van der Waals surface area contributed by atoms with Gasteiger partial charge in [-0.3, -0.25) is 9.89 Å². The maximum Gasteiger partial charge on any atom is 0.271 e. The highest BCUT2D eigenvalue weighted by Gasteiger charge is 2.29. The summed E-state index contributed by atoms with van der Waals surface area (Å²) in [6.45, 7) is 3.16. The molecule has 0 radical (unpaired) electrons. The molecule has 138 valence electrons. The second-order valence-electron chi connectivity index (χ2n) is 6.87. The van der Waals surface area contributed by atoms with Crippen LogP contribution in [0.25, 0.3) is 0 Å². The molecule has 0 unspecified atom stereocenters. The van der Waals surface area contributed by atoms with E-state index in [0.717, 1.165) is 55.2 Å². The van der Waals surface area contributed by atoms with Crippen LogP contribution < -0.4 is 20.4 Å². The largest absolute Gasteiger partial charge is 0.354 e. The Morgan fingerprint density at radius 1 is 1.23 bits per heavy atom. The molecule has 2 aliphatic heterocycles. The molecule has 0 aliphatic carbocycles. The first-order valence-electron chi connectivity index (χ1n) is 8.89. The monoisotopic (exact) mass is 356 g/mol. The number of nitrogens with one attached hydrogen (secondary N) is 3. The normalized spacial score (nSPS) is 16.0. The van der Waals surface area contributed by atoms with Crippen LogP contribution in [0.1, 0.15) is 33.0 Å². The molecule has 0 atom stereocenters. The summed E-state index contributed by atoms with van der Waals surface area (Å²) in [6, 6.07) is 0. The number of carbonyl (C=O) groups excluding carboxylic acids is 1. The van der Waals surface area contributed by atoms with Crippen molar-refractivity contribution in [2.75, 3.05) is 44.0 Å². The van der Waals surface area contributed by atoms with Crippen LogP contribution in [0.4, 0.5) is 11.8 Å². The molecule has 0 spiro atoms. The zero-order valence-electron chi connectivity index (χ0n) is 15.4. The molecular weight excluding hydrogens is 332 g/mol. The minimum absolute atomic E-state index is 0.160. The fraction of sp³-hybridized carbons (Fsp3) is 0.529. The molecule has 9 heteroatoms. The van der Waals surface area contributed by atoms with Crippen molar-refractivity contribution in [2.24, 2.45) is 0 Å². The Hall–Kier alpha value is -2.68. The Morgan fingerprint density at radius 2 is 2.08 bits per heavy atom. The molecule has 0 saturated heterocycles. The van der Waals surface area contributed by atoms with Crippen molar-refractivity contribution < 1.29 is 4.79 Å².